The van der Waals surface area contributed by atoms with E-state index < -0.39 is 0 Å². The van der Waals surface area contributed by atoms with Gasteiger partial charge in [-0.3, -0.25) is 9.97 Å². The highest BCUT2D eigenvalue weighted by Gasteiger charge is 2.15. The molecule has 0 aliphatic carbocycles. The first-order valence-corrected chi connectivity index (χ1v) is 7.91. The highest BCUT2D eigenvalue weighted by molar-refractivity contribution is 7.14. The molecule has 0 aliphatic rings. The number of fused-ring (bicyclic) bond motifs is 1. The van der Waals surface area contributed by atoms with Crippen molar-refractivity contribution >= 4 is 22.4 Å². The van der Waals surface area contributed by atoms with E-state index in [1.54, 1.807) is 23.7 Å². The van der Waals surface area contributed by atoms with Crippen LogP contribution in [0.1, 0.15) is 31.3 Å². The van der Waals surface area contributed by atoms with E-state index in [0.717, 1.165) is 39.6 Å². The summed E-state index contributed by atoms with van der Waals surface area (Å²) in [6.07, 6.45) is 4.41. The molecule has 5 nitrogen and oxygen atoms in total. The highest BCUT2D eigenvalue weighted by atomic mass is 32.1. The van der Waals surface area contributed by atoms with Crippen LogP contribution >= 0.6 is 11.3 Å². The lowest BCUT2D eigenvalue weighted by Gasteiger charge is -2.10. The largest absolute Gasteiger partial charge is 0.308 e. The fourth-order valence-electron chi connectivity index (χ4n) is 2.24. The summed E-state index contributed by atoms with van der Waals surface area (Å²) < 4.78 is 0. The first-order valence-electron chi connectivity index (χ1n) is 7.09. The Morgan fingerprint density at radius 1 is 1.10 bits per heavy atom. The van der Waals surface area contributed by atoms with E-state index in [1.807, 2.05) is 18.2 Å². The summed E-state index contributed by atoms with van der Waals surface area (Å²) in [5, 5.41) is 14.0. The number of rotatable bonds is 5. The van der Waals surface area contributed by atoms with Gasteiger partial charge in [-0.15, -0.1) is 10.2 Å². The smallest absolute Gasteiger partial charge is 0.147 e. The highest BCUT2D eigenvalue weighted by Crippen LogP contribution is 2.29. The minimum atomic E-state index is 0.279. The Labute approximate surface area is 127 Å². The second kappa shape index (κ2) is 6.24. The van der Waals surface area contributed by atoms with Crippen LogP contribution in [0.4, 0.5) is 0 Å². The van der Waals surface area contributed by atoms with E-state index in [1.165, 1.54) is 0 Å². The third-order valence-corrected chi connectivity index (χ3v) is 4.40. The van der Waals surface area contributed by atoms with Gasteiger partial charge in [-0.2, -0.15) is 0 Å². The molecule has 6 heteroatoms. The van der Waals surface area contributed by atoms with Gasteiger partial charge in [0.05, 0.1) is 17.1 Å². The van der Waals surface area contributed by atoms with E-state index in [-0.39, 0.29) is 6.04 Å². The SMILES string of the molecule is CCNC(CC)c1nnc(-c2ccc3nccnc3c2)s1. The maximum absolute atomic E-state index is 4.34. The van der Waals surface area contributed by atoms with Gasteiger partial charge in [-0.25, -0.2) is 0 Å². The van der Waals surface area contributed by atoms with Gasteiger partial charge in [-0.1, -0.05) is 25.2 Å². The van der Waals surface area contributed by atoms with Gasteiger partial charge in [0.15, 0.2) is 0 Å². The third-order valence-electron chi connectivity index (χ3n) is 3.31. The lowest BCUT2D eigenvalue weighted by molar-refractivity contribution is 0.531. The average molecular weight is 299 g/mol. The number of aromatic nitrogens is 4. The predicted octanol–water partition coefficient (Wildman–Crippen LogP) is 3.21. The molecule has 0 radical (unpaired) electrons. The minimum Gasteiger partial charge on any atom is -0.308 e. The molecular weight excluding hydrogens is 282 g/mol. The topological polar surface area (TPSA) is 63.6 Å². The van der Waals surface area contributed by atoms with Crippen LogP contribution in [-0.4, -0.2) is 26.7 Å². The molecule has 1 unspecified atom stereocenters. The van der Waals surface area contributed by atoms with Crippen LogP contribution in [0.15, 0.2) is 30.6 Å². The molecule has 0 fully saturated rings. The van der Waals surface area contributed by atoms with Crippen LogP contribution < -0.4 is 5.32 Å². The molecule has 0 spiro atoms. The molecule has 1 atom stereocenters. The standard InChI is InChI=1S/C15H17N5S/c1-3-11(16-4-2)15-20-19-14(21-15)10-5-6-12-13(9-10)18-8-7-17-12/h5-9,11,16H,3-4H2,1-2H3. The summed E-state index contributed by atoms with van der Waals surface area (Å²) in [4.78, 5) is 8.62. The second-order valence-electron chi connectivity index (χ2n) is 4.72. The average Bonchev–Trinajstić information content (AvgIpc) is 3.02. The monoisotopic (exact) mass is 299 g/mol. The van der Waals surface area contributed by atoms with E-state index in [2.05, 4.69) is 39.3 Å². The van der Waals surface area contributed by atoms with Gasteiger partial charge < -0.3 is 5.32 Å². The Balaban J connectivity index is 1.93. The summed E-state index contributed by atoms with van der Waals surface area (Å²) in [5.41, 5.74) is 2.81. The fraction of sp³-hybridized carbons (Fsp3) is 0.333. The molecular formula is C15H17N5S. The van der Waals surface area contributed by atoms with Crippen molar-refractivity contribution in [1.29, 1.82) is 0 Å². The third kappa shape index (κ3) is 2.91. The lowest BCUT2D eigenvalue weighted by Crippen LogP contribution is -2.19. The molecule has 0 bridgehead atoms. The molecule has 2 aromatic heterocycles. The van der Waals surface area contributed by atoms with Gasteiger partial charge in [0.1, 0.15) is 10.0 Å². The molecule has 108 valence electrons. The maximum atomic E-state index is 4.34. The van der Waals surface area contributed by atoms with Crippen LogP contribution in [0.2, 0.25) is 0 Å². The van der Waals surface area contributed by atoms with Crippen molar-refractivity contribution in [1.82, 2.24) is 25.5 Å². The first kappa shape index (κ1) is 14.0. The normalized spacial score (nSPS) is 12.7. The summed E-state index contributed by atoms with van der Waals surface area (Å²) in [6.45, 7) is 5.19. The minimum absolute atomic E-state index is 0.279. The van der Waals surface area contributed by atoms with Crippen molar-refractivity contribution in [3.05, 3.63) is 35.6 Å². The van der Waals surface area contributed by atoms with Crippen LogP contribution in [0.3, 0.4) is 0 Å². The van der Waals surface area contributed by atoms with Crippen molar-refractivity contribution < 1.29 is 0 Å². The summed E-state index contributed by atoms with van der Waals surface area (Å²) in [5.74, 6) is 0. The Hall–Kier alpha value is -1.92. The summed E-state index contributed by atoms with van der Waals surface area (Å²) in [6, 6.07) is 6.29. The van der Waals surface area contributed by atoms with Gasteiger partial charge in [0.25, 0.3) is 0 Å². The Bertz CT molecular complexity index is 740. The molecule has 3 rings (SSSR count). The quantitative estimate of drug-likeness (QED) is 0.783. The van der Waals surface area contributed by atoms with Gasteiger partial charge in [0.2, 0.25) is 0 Å². The molecule has 1 N–H and O–H groups in total. The van der Waals surface area contributed by atoms with Crippen molar-refractivity contribution in [2.24, 2.45) is 0 Å². The van der Waals surface area contributed by atoms with Crippen LogP contribution in [-0.2, 0) is 0 Å². The number of hydrogen-bond donors (Lipinski definition) is 1. The lowest BCUT2D eigenvalue weighted by atomic mass is 10.2. The molecule has 0 saturated heterocycles. The van der Waals surface area contributed by atoms with Crippen molar-refractivity contribution in [2.75, 3.05) is 6.54 Å². The van der Waals surface area contributed by atoms with E-state index in [9.17, 15) is 0 Å². The Morgan fingerprint density at radius 2 is 1.90 bits per heavy atom. The Kier molecular flexibility index (Phi) is 4.17. The van der Waals surface area contributed by atoms with Gasteiger partial charge in [0, 0.05) is 18.0 Å². The fourth-order valence-corrected chi connectivity index (χ4v) is 3.24. The molecule has 0 amide bonds. The molecule has 3 aromatic rings. The zero-order valence-electron chi connectivity index (χ0n) is 12.1. The van der Waals surface area contributed by atoms with Gasteiger partial charge >= 0.3 is 0 Å². The zero-order valence-corrected chi connectivity index (χ0v) is 12.9. The molecule has 2 heterocycles. The molecule has 0 aliphatic heterocycles. The number of nitrogens with zero attached hydrogens (tertiary/aromatic N) is 4. The maximum Gasteiger partial charge on any atom is 0.147 e. The second-order valence-corrected chi connectivity index (χ2v) is 5.73. The van der Waals surface area contributed by atoms with Crippen molar-refractivity contribution in [3.63, 3.8) is 0 Å². The van der Waals surface area contributed by atoms with E-state index in [4.69, 9.17) is 0 Å². The van der Waals surface area contributed by atoms with E-state index >= 15 is 0 Å². The summed E-state index contributed by atoms with van der Waals surface area (Å²) >= 11 is 1.63. The van der Waals surface area contributed by atoms with Crippen LogP contribution in [0.25, 0.3) is 21.6 Å². The zero-order chi connectivity index (χ0) is 14.7. The van der Waals surface area contributed by atoms with Crippen molar-refractivity contribution in [2.45, 2.75) is 26.3 Å². The molecule has 1 aromatic carbocycles. The molecule has 0 saturated carbocycles. The number of benzene rings is 1. The van der Waals surface area contributed by atoms with Crippen LogP contribution in [0.5, 0.6) is 0 Å². The van der Waals surface area contributed by atoms with E-state index in [0.29, 0.717) is 0 Å². The number of hydrogen-bond acceptors (Lipinski definition) is 6. The van der Waals surface area contributed by atoms with Crippen molar-refractivity contribution in [3.8, 4) is 10.6 Å². The van der Waals surface area contributed by atoms with Crippen LogP contribution in [0, 0.1) is 0 Å². The summed E-state index contributed by atoms with van der Waals surface area (Å²) in [7, 11) is 0. The first-order chi connectivity index (χ1) is 10.3. The van der Waals surface area contributed by atoms with Gasteiger partial charge in [-0.05, 0) is 31.2 Å². The number of nitrogens with one attached hydrogen (secondary N) is 1. The molecule has 21 heavy (non-hydrogen) atoms. The Morgan fingerprint density at radius 3 is 2.67 bits per heavy atom. The predicted molar refractivity (Wildman–Crippen MR) is 85.1 cm³/mol.